The Hall–Kier alpha value is -1.56. The Labute approximate surface area is 145 Å². The number of rotatable bonds is 7. The molecule has 1 aliphatic heterocycles. The molecule has 1 N–H and O–H groups in total. The lowest BCUT2D eigenvalue weighted by Gasteiger charge is -2.29. The molecule has 0 saturated carbocycles. The van der Waals surface area contributed by atoms with Crippen molar-refractivity contribution in [3.8, 4) is 0 Å². The van der Waals surface area contributed by atoms with E-state index in [9.17, 15) is 13.2 Å². The first-order valence-electron chi connectivity index (χ1n) is 8.78. The number of nitrogens with zero attached hydrogens (tertiary/aromatic N) is 1. The highest BCUT2D eigenvalue weighted by Crippen LogP contribution is 2.25. The van der Waals surface area contributed by atoms with Gasteiger partial charge in [0.15, 0.2) is 9.84 Å². The van der Waals surface area contributed by atoms with Gasteiger partial charge in [-0.3, -0.25) is 4.79 Å². The number of anilines is 2. The molecule has 134 valence electrons. The van der Waals surface area contributed by atoms with E-state index in [1.54, 1.807) is 0 Å². The van der Waals surface area contributed by atoms with Crippen molar-refractivity contribution in [2.75, 3.05) is 28.3 Å². The summed E-state index contributed by atoms with van der Waals surface area (Å²) >= 11 is 0. The van der Waals surface area contributed by atoms with Crippen LogP contribution in [0.15, 0.2) is 24.3 Å². The molecule has 0 bridgehead atoms. The van der Waals surface area contributed by atoms with Gasteiger partial charge in [-0.05, 0) is 50.5 Å². The van der Waals surface area contributed by atoms with Crippen LogP contribution in [0.2, 0.25) is 0 Å². The van der Waals surface area contributed by atoms with Crippen LogP contribution in [0.3, 0.4) is 0 Å². The van der Waals surface area contributed by atoms with Gasteiger partial charge in [0.1, 0.15) is 0 Å². The van der Waals surface area contributed by atoms with E-state index in [2.05, 4.69) is 10.2 Å². The molecule has 1 aromatic carbocycles. The molecule has 6 heteroatoms. The number of hydrogen-bond acceptors (Lipinski definition) is 4. The Balaban J connectivity index is 2.06. The number of nitrogens with one attached hydrogen (secondary N) is 1. The zero-order chi connectivity index (χ0) is 17.7. The normalized spacial score (nSPS) is 19.4. The van der Waals surface area contributed by atoms with Crippen molar-refractivity contribution in [3.05, 3.63) is 24.3 Å². The van der Waals surface area contributed by atoms with Crippen LogP contribution >= 0.6 is 0 Å². The fourth-order valence-electron chi connectivity index (χ4n) is 3.31. The lowest BCUT2D eigenvalue weighted by molar-refractivity contribution is -0.120. The monoisotopic (exact) mass is 352 g/mol. The Bertz CT molecular complexity index is 651. The van der Waals surface area contributed by atoms with Gasteiger partial charge in [0.05, 0.1) is 11.5 Å². The van der Waals surface area contributed by atoms with Crippen LogP contribution in [-0.2, 0) is 14.6 Å². The summed E-state index contributed by atoms with van der Waals surface area (Å²) < 4.78 is 23.4. The zero-order valence-corrected chi connectivity index (χ0v) is 15.6. The SMILES string of the molecule is CCC(CC)C(=O)Nc1ccc(N(CC)C2CCS(=O)(=O)C2)cc1. The minimum atomic E-state index is -2.90. The van der Waals surface area contributed by atoms with E-state index in [4.69, 9.17) is 0 Å². The molecule has 1 saturated heterocycles. The molecule has 2 rings (SSSR count). The third kappa shape index (κ3) is 4.50. The van der Waals surface area contributed by atoms with Gasteiger partial charge < -0.3 is 10.2 Å². The fourth-order valence-corrected chi connectivity index (χ4v) is 5.04. The highest BCUT2D eigenvalue weighted by atomic mass is 32.2. The van der Waals surface area contributed by atoms with E-state index in [0.717, 1.165) is 30.8 Å². The number of carbonyl (C=O) groups is 1. The third-order valence-corrected chi connectivity index (χ3v) is 6.56. The minimum Gasteiger partial charge on any atom is -0.368 e. The molecule has 0 aliphatic carbocycles. The number of hydrogen-bond donors (Lipinski definition) is 1. The Morgan fingerprint density at radius 2 is 1.83 bits per heavy atom. The van der Waals surface area contributed by atoms with Crippen molar-refractivity contribution in [2.24, 2.45) is 5.92 Å². The molecule has 0 radical (unpaired) electrons. The largest absolute Gasteiger partial charge is 0.368 e. The third-order valence-electron chi connectivity index (χ3n) is 4.81. The second kappa shape index (κ2) is 8.01. The number of sulfone groups is 1. The molecular weight excluding hydrogens is 324 g/mol. The topological polar surface area (TPSA) is 66.5 Å². The number of carbonyl (C=O) groups excluding carboxylic acids is 1. The van der Waals surface area contributed by atoms with Gasteiger partial charge in [0, 0.05) is 29.9 Å². The molecule has 1 amide bonds. The number of benzene rings is 1. The maximum absolute atomic E-state index is 12.1. The summed E-state index contributed by atoms with van der Waals surface area (Å²) in [6, 6.07) is 7.74. The zero-order valence-electron chi connectivity index (χ0n) is 14.8. The highest BCUT2D eigenvalue weighted by Gasteiger charge is 2.31. The van der Waals surface area contributed by atoms with Crippen molar-refractivity contribution in [1.29, 1.82) is 0 Å². The molecule has 1 atom stereocenters. The minimum absolute atomic E-state index is 0.0421. The standard InChI is InChI=1S/C18H28N2O3S/c1-4-14(5-2)18(21)19-15-7-9-16(10-8-15)20(6-3)17-11-12-24(22,23)13-17/h7-10,14,17H,4-6,11-13H2,1-3H3,(H,19,21). The molecular formula is C18H28N2O3S. The first kappa shape index (κ1) is 18.8. The molecule has 0 aromatic heterocycles. The average Bonchev–Trinajstić information content (AvgIpc) is 2.91. The van der Waals surface area contributed by atoms with E-state index in [1.165, 1.54) is 0 Å². The van der Waals surface area contributed by atoms with Crippen molar-refractivity contribution in [3.63, 3.8) is 0 Å². The molecule has 1 heterocycles. The predicted octanol–water partition coefficient (Wildman–Crippen LogP) is 3.07. The van der Waals surface area contributed by atoms with Crippen molar-refractivity contribution in [2.45, 2.75) is 46.1 Å². The summed E-state index contributed by atoms with van der Waals surface area (Å²) in [6.07, 6.45) is 2.35. The summed E-state index contributed by atoms with van der Waals surface area (Å²) in [5, 5.41) is 2.96. The van der Waals surface area contributed by atoms with E-state index in [0.29, 0.717) is 6.42 Å². The molecule has 24 heavy (non-hydrogen) atoms. The van der Waals surface area contributed by atoms with Gasteiger partial charge in [-0.1, -0.05) is 13.8 Å². The van der Waals surface area contributed by atoms with E-state index in [1.807, 2.05) is 45.0 Å². The molecule has 1 aliphatic rings. The van der Waals surface area contributed by atoms with Gasteiger partial charge in [-0.2, -0.15) is 0 Å². The van der Waals surface area contributed by atoms with Crippen LogP contribution in [0.25, 0.3) is 0 Å². The maximum atomic E-state index is 12.1. The van der Waals surface area contributed by atoms with Gasteiger partial charge in [-0.25, -0.2) is 8.42 Å². The van der Waals surface area contributed by atoms with E-state index >= 15 is 0 Å². The lowest BCUT2D eigenvalue weighted by atomic mass is 10.0. The predicted molar refractivity (Wildman–Crippen MR) is 99.2 cm³/mol. The van der Waals surface area contributed by atoms with Gasteiger partial charge in [0.25, 0.3) is 0 Å². The number of amides is 1. The summed E-state index contributed by atoms with van der Waals surface area (Å²) in [4.78, 5) is 14.3. The van der Waals surface area contributed by atoms with Crippen LogP contribution in [0.1, 0.15) is 40.0 Å². The Morgan fingerprint density at radius 3 is 2.29 bits per heavy atom. The molecule has 1 unspecified atom stereocenters. The summed E-state index contributed by atoms with van der Waals surface area (Å²) in [5.74, 6) is 0.605. The van der Waals surface area contributed by atoms with Crippen LogP contribution in [0, 0.1) is 5.92 Å². The first-order chi connectivity index (χ1) is 11.4. The van der Waals surface area contributed by atoms with Crippen molar-refractivity contribution >= 4 is 27.1 Å². The van der Waals surface area contributed by atoms with E-state index < -0.39 is 9.84 Å². The summed E-state index contributed by atoms with van der Waals surface area (Å²) in [6.45, 7) is 6.84. The van der Waals surface area contributed by atoms with Crippen LogP contribution in [0.5, 0.6) is 0 Å². The van der Waals surface area contributed by atoms with Crippen LogP contribution in [-0.4, -0.2) is 38.4 Å². The van der Waals surface area contributed by atoms with Crippen molar-refractivity contribution < 1.29 is 13.2 Å². The van der Waals surface area contributed by atoms with Gasteiger partial charge in [-0.15, -0.1) is 0 Å². The molecule has 0 spiro atoms. The molecule has 1 fully saturated rings. The first-order valence-corrected chi connectivity index (χ1v) is 10.6. The van der Waals surface area contributed by atoms with Crippen LogP contribution in [0.4, 0.5) is 11.4 Å². The molecule has 5 nitrogen and oxygen atoms in total. The second-order valence-corrected chi connectivity index (χ2v) is 8.62. The smallest absolute Gasteiger partial charge is 0.227 e. The highest BCUT2D eigenvalue weighted by molar-refractivity contribution is 7.91. The second-order valence-electron chi connectivity index (χ2n) is 6.39. The van der Waals surface area contributed by atoms with Gasteiger partial charge >= 0.3 is 0 Å². The average molecular weight is 353 g/mol. The fraction of sp³-hybridized carbons (Fsp3) is 0.611. The van der Waals surface area contributed by atoms with Gasteiger partial charge in [0.2, 0.25) is 5.91 Å². The van der Waals surface area contributed by atoms with Crippen molar-refractivity contribution in [1.82, 2.24) is 0 Å². The maximum Gasteiger partial charge on any atom is 0.227 e. The summed E-state index contributed by atoms with van der Waals surface area (Å²) in [7, 11) is -2.90. The Morgan fingerprint density at radius 1 is 1.21 bits per heavy atom. The Kier molecular flexibility index (Phi) is 6.27. The quantitative estimate of drug-likeness (QED) is 0.819. The lowest BCUT2D eigenvalue weighted by Crippen LogP contribution is -2.36. The van der Waals surface area contributed by atoms with Crippen LogP contribution < -0.4 is 10.2 Å². The van der Waals surface area contributed by atoms with E-state index in [-0.39, 0.29) is 29.4 Å². The summed E-state index contributed by atoms with van der Waals surface area (Å²) in [5.41, 5.74) is 1.78. The molecule has 1 aromatic rings.